The number of rotatable bonds is 7. The second-order valence-electron chi connectivity index (χ2n) is 5.22. The van der Waals surface area contributed by atoms with E-state index in [0.29, 0.717) is 17.0 Å². The molecular weight excluding hydrogens is 365 g/mol. The number of nitrogens with two attached hydrogens (primary N) is 1. The molecule has 0 aromatic heterocycles. The Kier molecular flexibility index (Phi) is 6.42. The van der Waals surface area contributed by atoms with E-state index < -0.39 is 18.2 Å². The van der Waals surface area contributed by atoms with Gasteiger partial charge in [0.05, 0.1) is 0 Å². The van der Waals surface area contributed by atoms with Gasteiger partial charge in [-0.15, -0.1) is 13.2 Å². The predicted octanol–water partition coefficient (Wildman–Crippen LogP) is 3.10. The van der Waals surface area contributed by atoms with Gasteiger partial charge >= 0.3 is 6.36 Å². The molecule has 2 amide bonds. The maximum atomic E-state index is 12.1. The molecule has 0 aliphatic rings. The summed E-state index contributed by atoms with van der Waals surface area (Å²) in [4.78, 5) is 22.5. The molecule has 0 spiro atoms. The third kappa shape index (κ3) is 7.51. The van der Waals surface area contributed by atoms with Gasteiger partial charge in [0.2, 0.25) is 5.91 Å². The first-order valence-corrected chi connectivity index (χ1v) is 7.57. The van der Waals surface area contributed by atoms with Gasteiger partial charge in [0.15, 0.2) is 6.61 Å². The monoisotopic (exact) mass is 380 g/mol. The lowest BCUT2D eigenvalue weighted by Gasteiger charge is -2.09. The SMILES string of the molecule is NC(=O)COc1ccc(C=CC(=O)Nc2ccc(OC(F)(F)F)cc2)cc1. The van der Waals surface area contributed by atoms with Gasteiger partial charge < -0.3 is 20.5 Å². The van der Waals surface area contributed by atoms with Crippen LogP contribution in [0.1, 0.15) is 5.56 Å². The van der Waals surface area contributed by atoms with Crippen LogP contribution in [0, 0.1) is 0 Å². The topological polar surface area (TPSA) is 90.7 Å². The minimum absolute atomic E-state index is 0.232. The Morgan fingerprint density at radius 1 is 1.00 bits per heavy atom. The van der Waals surface area contributed by atoms with Crippen LogP contribution in [0.2, 0.25) is 0 Å². The molecule has 0 heterocycles. The van der Waals surface area contributed by atoms with Crippen molar-refractivity contribution in [2.24, 2.45) is 5.73 Å². The summed E-state index contributed by atoms with van der Waals surface area (Å²) in [5.41, 5.74) is 5.99. The van der Waals surface area contributed by atoms with E-state index >= 15 is 0 Å². The average molecular weight is 380 g/mol. The minimum atomic E-state index is -4.77. The van der Waals surface area contributed by atoms with E-state index in [-0.39, 0.29) is 12.4 Å². The van der Waals surface area contributed by atoms with Crippen molar-refractivity contribution in [1.82, 2.24) is 0 Å². The zero-order valence-electron chi connectivity index (χ0n) is 13.8. The summed E-state index contributed by atoms with van der Waals surface area (Å²) in [6.07, 6.45) is -1.97. The van der Waals surface area contributed by atoms with Gasteiger partial charge in [0, 0.05) is 11.8 Å². The third-order valence-electron chi connectivity index (χ3n) is 3.04. The van der Waals surface area contributed by atoms with Crippen LogP contribution in [0.3, 0.4) is 0 Å². The van der Waals surface area contributed by atoms with Crippen LogP contribution < -0.4 is 20.5 Å². The number of amides is 2. The molecule has 142 valence electrons. The van der Waals surface area contributed by atoms with Crippen LogP contribution >= 0.6 is 0 Å². The smallest absolute Gasteiger partial charge is 0.484 e. The fourth-order valence-electron chi connectivity index (χ4n) is 1.93. The molecule has 2 rings (SSSR count). The number of nitrogens with one attached hydrogen (secondary N) is 1. The summed E-state index contributed by atoms with van der Waals surface area (Å²) in [7, 11) is 0. The number of carbonyl (C=O) groups excluding carboxylic acids is 2. The Morgan fingerprint density at radius 2 is 1.59 bits per heavy atom. The van der Waals surface area contributed by atoms with Crippen molar-refractivity contribution in [3.63, 3.8) is 0 Å². The van der Waals surface area contributed by atoms with E-state index in [1.165, 1.54) is 24.3 Å². The number of hydrogen-bond donors (Lipinski definition) is 2. The molecule has 0 aliphatic heterocycles. The van der Waals surface area contributed by atoms with Gasteiger partial charge in [0.25, 0.3) is 5.91 Å². The first-order chi connectivity index (χ1) is 12.7. The van der Waals surface area contributed by atoms with Crippen LogP contribution in [-0.4, -0.2) is 24.8 Å². The van der Waals surface area contributed by atoms with Gasteiger partial charge in [-0.2, -0.15) is 0 Å². The number of anilines is 1. The van der Waals surface area contributed by atoms with Gasteiger partial charge in [-0.25, -0.2) is 0 Å². The van der Waals surface area contributed by atoms with E-state index in [2.05, 4.69) is 10.1 Å². The molecule has 27 heavy (non-hydrogen) atoms. The molecule has 0 aliphatic carbocycles. The zero-order valence-corrected chi connectivity index (χ0v) is 13.8. The molecule has 2 aromatic rings. The predicted molar refractivity (Wildman–Crippen MR) is 91.9 cm³/mol. The first kappa shape index (κ1) is 19.8. The van der Waals surface area contributed by atoms with Crippen LogP contribution in [0.4, 0.5) is 18.9 Å². The number of alkyl halides is 3. The quantitative estimate of drug-likeness (QED) is 0.722. The molecule has 3 N–H and O–H groups in total. The third-order valence-corrected chi connectivity index (χ3v) is 3.04. The van der Waals surface area contributed by atoms with Crippen molar-refractivity contribution in [2.75, 3.05) is 11.9 Å². The Hall–Kier alpha value is -3.49. The van der Waals surface area contributed by atoms with Gasteiger partial charge in [-0.3, -0.25) is 9.59 Å². The summed E-state index contributed by atoms with van der Waals surface area (Å²) in [5.74, 6) is -0.978. The number of benzene rings is 2. The lowest BCUT2D eigenvalue weighted by molar-refractivity contribution is -0.274. The highest BCUT2D eigenvalue weighted by Crippen LogP contribution is 2.24. The van der Waals surface area contributed by atoms with E-state index in [1.54, 1.807) is 24.3 Å². The maximum Gasteiger partial charge on any atom is 0.573 e. The standard InChI is InChI=1S/C18H15F3N2O4/c19-18(20,21)27-15-8-4-13(5-9-15)23-17(25)10-3-12-1-6-14(7-2-12)26-11-16(22)24/h1-10H,11H2,(H2,22,24)(H,23,25). The molecule has 6 nitrogen and oxygen atoms in total. The van der Waals surface area contributed by atoms with Gasteiger partial charge in [-0.05, 0) is 48.0 Å². The number of hydrogen-bond acceptors (Lipinski definition) is 4. The first-order valence-electron chi connectivity index (χ1n) is 7.57. The van der Waals surface area contributed by atoms with Crippen molar-refractivity contribution >= 4 is 23.6 Å². The van der Waals surface area contributed by atoms with Crippen molar-refractivity contribution < 1.29 is 32.2 Å². The molecule has 2 aromatic carbocycles. The normalized spacial score (nSPS) is 11.2. The van der Waals surface area contributed by atoms with E-state index in [9.17, 15) is 22.8 Å². The van der Waals surface area contributed by atoms with Gasteiger partial charge in [0.1, 0.15) is 11.5 Å². The molecule has 0 fully saturated rings. The summed E-state index contributed by atoms with van der Waals surface area (Å²) in [6, 6.07) is 11.3. The fraction of sp³-hybridized carbons (Fsp3) is 0.111. The number of primary amides is 1. The summed E-state index contributed by atoms with van der Waals surface area (Å²) >= 11 is 0. The van der Waals surface area contributed by atoms with Crippen LogP contribution in [0.5, 0.6) is 11.5 Å². The van der Waals surface area contributed by atoms with E-state index in [4.69, 9.17) is 10.5 Å². The number of carbonyl (C=O) groups is 2. The van der Waals surface area contributed by atoms with Crippen molar-refractivity contribution in [1.29, 1.82) is 0 Å². The van der Waals surface area contributed by atoms with Crippen LogP contribution in [0.25, 0.3) is 6.08 Å². The highest BCUT2D eigenvalue weighted by atomic mass is 19.4. The molecule has 9 heteroatoms. The highest BCUT2D eigenvalue weighted by molar-refractivity contribution is 6.01. The van der Waals surface area contributed by atoms with Crippen molar-refractivity contribution in [3.8, 4) is 11.5 Å². The second kappa shape index (κ2) is 8.75. The van der Waals surface area contributed by atoms with Crippen molar-refractivity contribution in [2.45, 2.75) is 6.36 Å². The molecular formula is C18H15F3N2O4. The van der Waals surface area contributed by atoms with E-state index in [0.717, 1.165) is 12.1 Å². The van der Waals surface area contributed by atoms with Crippen LogP contribution in [0.15, 0.2) is 54.6 Å². The number of ether oxygens (including phenoxy) is 2. The van der Waals surface area contributed by atoms with Gasteiger partial charge in [-0.1, -0.05) is 12.1 Å². The van der Waals surface area contributed by atoms with E-state index in [1.807, 2.05) is 0 Å². The Labute approximate surface area is 152 Å². The largest absolute Gasteiger partial charge is 0.573 e. The highest BCUT2D eigenvalue weighted by Gasteiger charge is 2.30. The lowest BCUT2D eigenvalue weighted by Crippen LogP contribution is -2.19. The Morgan fingerprint density at radius 3 is 2.15 bits per heavy atom. The summed E-state index contributed by atoms with van der Waals surface area (Å²) in [6.45, 7) is -0.232. The lowest BCUT2D eigenvalue weighted by atomic mass is 10.2. The fourth-order valence-corrected chi connectivity index (χ4v) is 1.93. The zero-order chi connectivity index (χ0) is 19.9. The van der Waals surface area contributed by atoms with Crippen LogP contribution in [-0.2, 0) is 9.59 Å². The van der Waals surface area contributed by atoms with Crippen molar-refractivity contribution in [3.05, 3.63) is 60.2 Å². The molecule has 0 saturated carbocycles. The molecule has 0 radical (unpaired) electrons. The average Bonchev–Trinajstić information content (AvgIpc) is 2.59. The number of halogens is 3. The maximum absolute atomic E-state index is 12.1. The molecule has 0 saturated heterocycles. The second-order valence-corrected chi connectivity index (χ2v) is 5.22. The minimum Gasteiger partial charge on any atom is -0.484 e. The molecule has 0 bridgehead atoms. The molecule has 0 unspecified atom stereocenters. The summed E-state index contributed by atoms with van der Waals surface area (Å²) < 4.78 is 45.1. The Bertz CT molecular complexity index is 816. The summed E-state index contributed by atoms with van der Waals surface area (Å²) in [5, 5.41) is 2.51. The molecule has 0 atom stereocenters. The Balaban J connectivity index is 1.88.